The van der Waals surface area contributed by atoms with Crippen molar-refractivity contribution >= 4 is 19.7 Å². The maximum atomic E-state index is 13.3. The van der Waals surface area contributed by atoms with E-state index in [0.29, 0.717) is 12.8 Å². The third-order valence-electron chi connectivity index (χ3n) is 2.57. The van der Waals surface area contributed by atoms with E-state index in [1.165, 1.54) is 0 Å². The summed E-state index contributed by atoms with van der Waals surface area (Å²) in [5.74, 6) is -5.21. The Bertz CT molecular complexity index is 284. The summed E-state index contributed by atoms with van der Waals surface area (Å²) in [5, 5.41) is 0. The molecule has 1 fully saturated rings. The normalized spacial score (nSPS) is 21.1. The average molecular weight is 247 g/mol. The highest BCUT2D eigenvalue weighted by molar-refractivity contribution is 8.13. The monoisotopic (exact) mass is 246 g/mol. The molecule has 2 nitrogen and oxygen atoms in total. The number of hydrogen-bond acceptors (Lipinski definition) is 2. The summed E-state index contributed by atoms with van der Waals surface area (Å²) < 4.78 is 47.8. The molecular weight excluding hydrogens is 234 g/mol. The molecule has 0 radical (unpaired) electrons. The fourth-order valence-electron chi connectivity index (χ4n) is 1.87. The molecule has 14 heavy (non-hydrogen) atoms. The fourth-order valence-corrected chi connectivity index (χ4v) is 3.00. The third-order valence-corrected chi connectivity index (χ3v) is 3.62. The minimum absolute atomic E-state index is 0.402. The van der Waals surface area contributed by atoms with Gasteiger partial charge >= 0.3 is 0 Å². The maximum Gasteiger partial charge on any atom is 0.265 e. The van der Waals surface area contributed by atoms with Crippen LogP contribution in [0.3, 0.4) is 0 Å². The van der Waals surface area contributed by atoms with Crippen molar-refractivity contribution in [1.29, 1.82) is 0 Å². The Hall–Kier alpha value is 0.1000. The molecule has 0 aliphatic heterocycles. The maximum absolute atomic E-state index is 13.3. The Balaban J connectivity index is 2.63. The van der Waals surface area contributed by atoms with Gasteiger partial charge in [0.15, 0.2) is 0 Å². The summed E-state index contributed by atoms with van der Waals surface area (Å²) in [6.07, 6.45) is 3.27. The summed E-state index contributed by atoms with van der Waals surface area (Å²) >= 11 is 0. The van der Waals surface area contributed by atoms with Crippen molar-refractivity contribution in [3.05, 3.63) is 0 Å². The van der Waals surface area contributed by atoms with Crippen LogP contribution >= 0.6 is 10.7 Å². The summed E-state index contributed by atoms with van der Waals surface area (Å²) in [5.41, 5.74) is 0. The Morgan fingerprint density at radius 1 is 1.21 bits per heavy atom. The van der Waals surface area contributed by atoms with Gasteiger partial charge in [0.05, 0.1) is 0 Å². The predicted octanol–water partition coefficient (Wildman–Crippen LogP) is 2.77. The average Bonchev–Trinajstić information content (AvgIpc) is 2.01. The standard InChI is InChI=1S/C8H13ClF2O2S/c9-14(12,13)6-8(10,11)7-4-2-1-3-5-7/h7H,1-6H2. The molecule has 0 amide bonds. The summed E-state index contributed by atoms with van der Waals surface area (Å²) in [4.78, 5) is 0. The first kappa shape index (κ1) is 12.2. The molecule has 0 bridgehead atoms. The van der Waals surface area contributed by atoms with Crippen LogP contribution in [0.5, 0.6) is 0 Å². The van der Waals surface area contributed by atoms with Crippen LogP contribution in [0.25, 0.3) is 0 Å². The van der Waals surface area contributed by atoms with Gasteiger partial charge in [-0.25, -0.2) is 17.2 Å². The van der Waals surface area contributed by atoms with Gasteiger partial charge < -0.3 is 0 Å². The van der Waals surface area contributed by atoms with E-state index in [1.54, 1.807) is 0 Å². The van der Waals surface area contributed by atoms with Gasteiger partial charge in [-0.1, -0.05) is 19.3 Å². The third kappa shape index (κ3) is 3.69. The first-order chi connectivity index (χ1) is 6.31. The highest BCUT2D eigenvalue weighted by Crippen LogP contribution is 2.37. The second kappa shape index (κ2) is 4.31. The fraction of sp³-hybridized carbons (Fsp3) is 1.00. The highest BCUT2D eigenvalue weighted by Gasteiger charge is 2.43. The van der Waals surface area contributed by atoms with E-state index >= 15 is 0 Å². The summed E-state index contributed by atoms with van der Waals surface area (Å²) in [7, 11) is 0.720. The van der Waals surface area contributed by atoms with Crippen molar-refractivity contribution in [2.75, 3.05) is 5.75 Å². The molecule has 0 aromatic heterocycles. The van der Waals surface area contributed by atoms with Crippen LogP contribution in [-0.2, 0) is 9.05 Å². The lowest BCUT2D eigenvalue weighted by Gasteiger charge is -2.28. The number of halogens is 3. The minimum atomic E-state index is -4.11. The van der Waals surface area contributed by atoms with E-state index in [-0.39, 0.29) is 0 Å². The summed E-state index contributed by atoms with van der Waals surface area (Å²) in [6, 6.07) is 0. The van der Waals surface area contributed by atoms with Gasteiger partial charge in [0.1, 0.15) is 5.75 Å². The number of rotatable bonds is 3. The molecule has 0 heterocycles. The van der Waals surface area contributed by atoms with Crippen molar-refractivity contribution in [1.82, 2.24) is 0 Å². The molecule has 6 heteroatoms. The minimum Gasteiger partial charge on any atom is -0.212 e. The Labute approximate surface area is 87.1 Å². The van der Waals surface area contributed by atoms with Crippen molar-refractivity contribution in [2.45, 2.75) is 38.0 Å². The molecule has 0 N–H and O–H groups in total. The van der Waals surface area contributed by atoms with Gasteiger partial charge in [-0.3, -0.25) is 0 Å². The lowest BCUT2D eigenvalue weighted by molar-refractivity contribution is -0.0491. The molecule has 84 valence electrons. The quantitative estimate of drug-likeness (QED) is 0.718. The van der Waals surface area contributed by atoms with Crippen LogP contribution in [0, 0.1) is 5.92 Å². The predicted molar refractivity (Wildman–Crippen MR) is 51.2 cm³/mol. The van der Waals surface area contributed by atoms with Gasteiger partial charge in [0.2, 0.25) is 9.05 Å². The van der Waals surface area contributed by atoms with Crippen molar-refractivity contribution in [3.8, 4) is 0 Å². The molecule has 1 aliphatic rings. The Morgan fingerprint density at radius 3 is 2.14 bits per heavy atom. The topological polar surface area (TPSA) is 34.1 Å². The number of hydrogen-bond donors (Lipinski definition) is 0. The lowest BCUT2D eigenvalue weighted by atomic mass is 9.85. The van der Waals surface area contributed by atoms with Crippen LogP contribution in [0.15, 0.2) is 0 Å². The molecule has 1 rings (SSSR count). The van der Waals surface area contributed by atoms with E-state index in [4.69, 9.17) is 10.7 Å². The van der Waals surface area contributed by atoms with Crippen molar-refractivity contribution < 1.29 is 17.2 Å². The van der Waals surface area contributed by atoms with Gasteiger partial charge in [-0.15, -0.1) is 0 Å². The Morgan fingerprint density at radius 2 is 1.71 bits per heavy atom. The molecule has 0 unspecified atom stereocenters. The van der Waals surface area contributed by atoms with E-state index in [9.17, 15) is 17.2 Å². The molecule has 0 aromatic rings. The van der Waals surface area contributed by atoms with Crippen LogP contribution in [0.4, 0.5) is 8.78 Å². The zero-order valence-electron chi connectivity index (χ0n) is 7.68. The van der Waals surface area contributed by atoms with Gasteiger partial charge in [-0.05, 0) is 12.8 Å². The van der Waals surface area contributed by atoms with Crippen LogP contribution < -0.4 is 0 Å². The molecule has 0 atom stereocenters. The second-order valence-electron chi connectivity index (χ2n) is 3.78. The van der Waals surface area contributed by atoms with Gasteiger partial charge in [-0.2, -0.15) is 0 Å². The number of alkyl halides is 2. The molecule has 0 saturated heterocycles. The van der Waals surface area contributed by atoms with Gasteiger partial charge in [0, 0.05) is 16.6 Å². The Kier molecular flexibility index (Phi) is 3.75. The summed E-state index contributed by atoms with van der Waals surface area (Å²) in [6.45, 7) is 0. The van der Waals surface area contributed by atoms with Crippen molar-refractivity contribution in [2.24, 2.45) is 5.92 Å². The van der Waals surface area contributed by atoms with Crippen LogP contribution in [0.1, 0.15) is 32.1 Å². The SMILES string of the molecule is O=S(=O)(Cl)CC(F)(F)C1CCCCC1. The van der Waals surface area contributed by atoms with Gasteiger partial charge in [0.25, 0.3) is 5.92 Å². The second-order valence-corrected chi connectivity index (χ2v) is 6.56. The van der Waals surface area contributed by atoms with Crippen molar-refractivity contribution in [3.63, 3.8) is 0 Å². The highest BCUT2D eigenvalue weighted by atomic mass is 35.7. The van der Waals surface area contributed by atoms with E-state index in [1.807, 2.05) is 0 Å². The van der Waals surface area contributed by atoms with E-state index in [2.05, 4.69) is 0 Å². The first-order valence-corrected chi connectivity index (χ1v) is 7.09. The molecular formula is C8H13ClF2O2S. The molecule has 1 aliphatic carbocycles. The largest absolute Gasteiger partial charge is 0.265 e. The molecule has 1 saturated carbocycles. The molecule has 0 aromatic carbocycles. The van der Waals surface area contributed by atoms with E-state index < -0.39 is 26.6 Å². The molecule has 0 spiro atoms. The smallest absolute Gasteiger partial charge is 0.212 e. The zero-order valence-corrected chi connectivity index (χ0v) is 9.25. The van der Waals surface area contributed by atoms with Crippen LogP contribution in [0.2, 0.25) is 0 Å². The first-order valence-electron chi connectivity index (χ1n) is 4.61. The lowest BCUT2D eigenvalue weighted by Crippen LogP contribution is -2.35. The van der Waals surface area contributed by atoms with E-state index in [0.717, 1.165) is 19.3 Å². The van der Waals surface area contributed by atoms with Crippen LogP contribution in [-0.4, -0.2) is 20.1 Å². The zero-order chi connectivity index (χ0) is 10.8.